The lowest BCUT2D eigenvalue weighted by atomic mass is 10.1. The third-order valence-corrected chi connectivity index (χ3v) is 2.83. The number of aliphatic carboxylic acids is 1. The van der Waals surface area contributed by atoms with Crippen LogP contribution in [0.5, 0.6) is 0 Å². The lowest BCUT2D eigenvalue weighted by Crippen LogP contribution is -2.03. The van der Waals surface area contributed by atoms with Gasteiger partial charge in [-0.05, 0) is 36.3 Å². The number of halogens is 3. The van der Waals surface area contributed by atoms with Gasteiger partial charge in [-0.2, -0.15) is 18.3 Å². The summed E-state index contributed by atoms with van der Waals surface area (Å²) in [5.74, 6) is -1.07. The third kappa shape index (κ3) is 3.50. The molecule has 0 spiro atoms. The summed E-state index contributed by atoms with van der Waals surface area (Å²) in [5.41, 5.74) is 1.05. The summed E-state index contributed by atoms with van der Waals surface area (Å²) in [4.78, 5) is 10.5. The van der Waals surface area contributed by atoms with E-state index in [4.69, 9.17) is 5.11 Å². The molecule has 1 heterocycles. The number of hydrogen-bond acceptors (Lipinski definition) is 2. The van der Waals surface area contributed by atoms with Gasteiger partial charge in [-0.25, -0.2) is 9.48 Å². The van der Waals surface area contributed by atoms with E-state index >= 15 is 0 Å². The third-order valence-electron chi connectivity index (χ3n) is 2.83. The van der Waals surface area contributed by atoms with Crippen LogP contribution < -0.4 is 0 Å². The summed E-state index contributed by atoms with van der Waals surface area (Å²) >= 11 is 0. The molecule has 2 rings (SSSR count). The Morgan fingerprint density at radius 1 is 1.38 bits per heavy atom. The minimum absolute atomic E-state index is 0.468. The Balaban J connectivity index is 2.32. The number of carboxylic acids is 1. The van der Waals surface area contributed by atoms with Crippen molar-refractivity contribution in [3.05, 3.63) is 53.4 Å². The van der Waals surface area contributed by atoms with Crippen molar-refractivity contribution in [1.29, 1.82) is 0 Å². The summed E-state index contributed by atoms with van der Waals surface area (Å²) in [6.45, 7) is 1.74. The fourth-order valence-corrected chi connectivity index (χ4v) is 1.76. The molecule has 0 atom stereocenters. The Hall–Kier alpha value is -2.57. The van der Waals surface area contributed by atoms with Crippen molar-refractivity contribution in [1.82, 2.24) is 9.78 Å². The van der Waals surface area contributed by atoms with Gasteiger partial charge in [-0.3, -0.25) is 0 Å². The molecular weight excluding hydrogens is 285 g/mol. The number of nitrogens with zero attached hydrogens (tertiary/aromatic N) is 2. The molecule has 21 heavy (non-hydrogen) atoms. The molecular formula is C14H11F3N2O2. The van der Waals surface area contributed by atoms with Crippen LogP contribution in [-0.2, 0) is 11.0 Å². The Morgan fingerprint density at radius 2 is 2.10 bits per heavy atom. The molecule has 2 aromatic rings. The zero-order valence-electron chi connectivity index (χ0n) is 10.9. The second-order valence-electron chi connectivity index (χ2n) is 4.38. The molecule has 1 aromatic carbocycles. The Labute approximate surface area is 118 Å². The van der Waals surface area contributed by atoms with Crippen LogP contribution in [0.3, 0.4) is 0 Å². The largest absolute Gasteiger partial charge is 0.478 e. The maximum absolute atomic E-state index is 12.5. The molecule has 0 aliphatic heterocycles. The highest BCUT2D eigenvalue weighted by molar-refractivity contribution is 5.85. The van der Waals surface area contributed by atoms with Crippen molar-refractivity contribution in [3.8, 4) is 5.69 Å². The highest BCUT2D eigenvalue weighted by atomic mass is 19.4. The summed E-state index contributed by atoms with van der Waals surface area (Å²) in [6.07, 6.45) is -0.351. The molecule has 0 aliphatic rings. The first-order valence-corrected chi connectivity index (χ1v) is 5.91. The topological polar surface area (TPSA) is 55.1 Å². The van der Waals surface area contributed by atoms with Crippen LogP contribution in [0.15, 0.2) is 36.7 Å². The number of benzene rings is 1. The molecule has 0 saturated carbocycles. The van der Waals surface area contributed by atoms with Crippen molar-refractivity contribution in [2.75, 3.05) is 0 Å². The van der Waals surface area contributed by atoms with Crippen LogP contribution in [-0.4, -0.2) is 20.9 Å². The van der Waals surface area contributed by atoms with Crippen LogP contribution in [0, 0.1) is 6.92 Å². The number of aryl methyl sites for hydroxylation is 1. The molecule has 0 amide bonds. The van der Waals surface area contributed by atoms with Crippen LogP contribution >= 0.6 is 0 Å². The number of rotatable bonds is 3. The summed E-state index contributed by atoms with van der Waals surface area (Å²) in [6, 6.07) is 4.83. The normalized spacial score (nSPS) is 12.0. The van der Waals surface area contributed by atoms with E-state index in [2.05, 4.69) is 5.10 Å². The fourth-order valence-electron chi connectivity index (χ4n) is 1.76. The van der Waals surface area contributed by atoms with Gasteiger partial charge in [0, 0.05) is 12.3 Å². The fraction of sp³-hybridized carbons (Fsp3) is 0.143. The lowest BCUT2D eigenvalue weighted by Gasteiger charge is -2.06. The molecule has 0 saturated heterocycles. The van der Waals surface area contributed by atoms with Crippen molar-refractivity contribution in [3.63, 3.8) is 0 Å². The SMILES string of the molecule is Cc1cc(-n2cc(C(F)(F)F)cn2)ccc1C=CC(=O)O. The first-order valence-electron chi connectivity index (χ1n) is 5.91. The molecule has 110 valence electrons. The minimum Gasteiger partial charge on any atom is -0.478 e. The van der Waals surface area contributed by atoms with Gasteiger partial charge in [0.25, 0.3) is 0 Å². The van der Waals surface area contributed by atoms with Crippen molar-refractivity contribution in [2.45, 2.75) is 13.1 Å². The van der Waals surface area contributed by atoms with E-state index in [0.29, 0.717) is 11.3 Å². The molecule has 4 nitrogen and oxygen atoms in total. The van der Waals surface area contributed by atoms with Gasteiger partial charge in [0.15, 0.2) is 0 Å². The predicted octanol–water partition coefficient (Wildman–Crippen LogP) is 3.30. The smallest absolute Gasteiger partial charge is 0.419 e. The monoisotopic (exact) mass is 296 g/mol. The number of carbonyl (C=O) groups is 1. The Kier molecular flexibility index (Phi) is 3.84. The molecule has 0 aliphatic carbocycles. The maximum Gasteiger partial charge on any atom is 0.419 e. The van der Waals surface area contributed by atoms with Crippen molar-refractivity contribution in [2.24, 2.45) is 0 Å². The lowest BCUT2D eigenvalue weighted by molar-refractivity contribution is -0.137. The van der Waals surface area contributed by atoms with Gasteiger partial charge in [0.1, 0.15) is 0 Å². The number of hydrogen-bond donors (Lipinski definition) is 1. The van der Waals surface area contributed by atoms with E-state index in [1.807, 2.05) is 0 Å². The molecule has 1 N–H and O–H groups in total. The molecule has 1 aromatic heterocycles. The van der Waals surface area contributed by atoms with Gasteiger partial charge in [0.05, 0.1) is 17.4 Å². The molecule has 7 heteroatoms. The second kappa shape index (κ2) is 5.43. The van der Waals surface area contributed by atoms with Crippen LogP contribution in [0.2, 0.25) is 0 Å². The molecule has 0 bridgehead atoms. The van der Waals surface area contributed by atoms with Crippen molar-refractivity contribution >= 4 is 12.0 Å². The number of aromatic nitrogens is 2. The van der Waals surface area contributed by atoms with E-state index in [0.717, 1.165) is 28.7 Å². The predicted molar refractivity (Wildman–Crippen MR) is 70.0 cm³/mol. The highest BCUT2D eigenvalue weighted by Crippen LogP contribution is 2.29. The first-order chi connectivity index (χ1) is 9.77. The van der Waals surface area contributed by atoms with E-state index in [1.54, 1.807) is 25.1 Å². The van der Waals surface area contributed by atoms with E-state index in [-0.39, 0.29) is 0 Å². The summed E-state index contributed by atoms with van der Waals surface area (Å²) in [5, 5.41) is 12.3. The van der Waals surface area contributed by atoms with Crippen LogP contribution in [0.1, 0.15) is 16.7 Å². The highest BCUT2D eigenvalue weighted by Gasteiger charge is 2.32. The molecule has 0 fully saturated rings. The van der Waals surface area contributed by atoms with E-state index < -0.39 is 17.7 Å². The average Bonchev–Trinajstić information content (AvgIpc) is 2.86. The van der Waals surface area contributed by atoms with Crippen LogP contribution in [0.25, 0.3) is 11.8 Å². The summed E-state index contributed by atoms with van der Waals surface area (Å²) in [7, 11) is 0. The quantitative estimate of drug-likeness (QED) is 0.884. The minimum atomic E-state index is -4.43. The summed E-state index contributed by atoms with van der Waals surface area (Å²) < 4.78 is 38.7. The zero-order valence-corrected chi connectivity index (χ0v) is 10.9. The number of carboxylic acid groups (broad SMARTS) is 1. The number of alkyl halides is 3. The van der Waals surface area contributed by atoms with Gasteiger partial charge < -0.3 is 5.11 Å². The first kappa shape index (κ1) is 14.8. The standard InChI is InChI=1S/C14H11F3N2O2/c1-9-6-12(4-2-10(9)3-5-13(20)21)19-8-11(7-18-19)14(15,16)17/h2-8H,1H3,(H,20,21). The van der Waals surface area contributed by atoms with Crippen molar-refractivity contribution < 1.29 is 23.1 Å². The molecule has 0 unspecified atom stereocenters. The Bertz CT molecular complexity index is 702. The zero-order chi connectivity index (χ0) is 15.6. The van der Waals surface area contributed by atoms with Gasteiger partial charge in [0.2, 0.25) is 0 Å². The maximum atomic E-state index is 12.5. The van der Waals surface area contributed by atoms with Gasteiger partial charge in [-0.1, -0.05) is 6.07 Å². The average molecular weight is 296 g/mol. The second-order valence-corrected chi connectivity index (χ2v) is 4.38. The molecule has 0 radical (unpaired) electrons. The van der Waals surface area contributed by atoms with Gasteiger partial charge in [-0.15, -0.1) is 0 Å². The Morgan fingerprint density at radius 3 is 2.62 bits per heavy atom. The van der Waals surface area contributed by atoms with E-state index in [9.17, 15) is 18.0 Å². The van der Waals surface area contributed by atoms with Crippen LogP contribution in [0.4, 0.5) is 13.2 Å². The van der Waals surface area contributed by atoms with E-state index in [1.165, 1.54) is 6.08 Å². The van der Waals surface area contributed by atoms with Gasteiger partial charge >= 0.3 is 12.1 Å².